The number of rotatable bonds is 5. The number of carbonyl (C=O) groups is 1. The third-order valence-corrected chi connectivity index (χ3v) is 7.77. The Morgan fingerprint density at radius 3 is 2.30 bits per heavy atom. The van der Waals surface area contributed by atoms with Crippen molar-refractivity contribution in [1.29, 1.82) is 0 Å². The van der Waals surface area contributed by atoms with Crippen LogP contribution in [0.1, 0.15) is 44.1 Å². The van der Waals surface area contributed by atoms with Gasteiger partial charge in [-0.3, -0.25) is 9.79 Å². The number of hydrogen-bond acceptors (Lipinski definition) is 5. The monoisotopic (exact) mass is 445 g/mol. The molecule has 4 aliphatic rings. The Morgan fingerprint density at radius 1 is 0.970 bits per heavy atom. The lowest BCUT2D eigenvalue weighted by Crippen LogP contribution is -2.46. The number of hydrogen-bond donors (Lipinski definition) is 2. The third kappa shape index (κ3) is 3.90. The predicted octanol–water partition coefficient (Wildman–Crippen LogP) is 3.62. The standard InChI is InChI=1S/C27H31N3O3/c31-23-3-1-2-22(16-23)19-4-6-20(7-5-19)24-28-27(12-13-27)26(33)30(24)17-18-10-14-29(15-11-18)25(32)21-8-9-21/h1-7,16,18,21,26,31,33H,8-15,17H2. The molecule has 6 rings (SSSR count). The number of nitrogens with zero attached hydrogens (tertiary/aromatic N) is 3. The van der Waals surface area contributed by atoms with Gasteiger partial charge in [0.15, 0.2) is 6.23 Å². The summed E-state index contributed by atoms with van der Waals surface area (Å²) in [6, 6.07) is 15.5. The largest absolute Gasteiger partial charge is 0.508 e. The highest BCUT2D eigenvalue weighted by molar-refractivity contribution is 6.01. The average Bonchev–Trinajstić information content (AvgIpc) is 3.76. The van der Waals surface area contributed by atoms with E-state index in [2.05, 4.69) is 29.2 Å². The zero-order chi connectivity index (χ0) is 22.6. The summed E-state index contributed by atoms with van der Waals surface area (Å²) in [7, 11) is 0. The van der Waals surface area contributed by atoms with Crippen LogP contribution in [0.5, 0.6) is 5.75 Å². The summed E-state index contributed by atoms with van der Waals surface area (Å²) < 4.78 is 0. The maximum atomic E-state index is 12.4. The number of aliphatic hydroxyl groups is 1. The molecule has 1 unspecified atom stereocenters. The summed E-state index contributed by atoms with van der Waals surface area (Å²) in [4.78, 5) is 21.6. The van der Waals surface area contributed by atoms with Crippen molar-refractivity contribution in [3.63, 3.8) is 0 Å². The summed E-state index contributed by atoms with van der Waals surface area (Å²) in [6.45, 7) is 2.45. The van der Waals surface area contributed by atoms with Gasteiger partial charge in [-0.2, -0.15) is 0 Å². The molecule has 1 saturated heterocycles. The molecule has 6 nitrogen and oxygen atoms in total. The zero-order valence-electron chi connectivity index (χ0n) is 18.9. The fraction of sp³-hybridized carbons (Fsp3) is 0.481. The van der Waals surface area contributed by atoms with Crippen molar-refractivity contribution in [2.24, 2.45) is 16.8 Å². The van der Waals surface area contributed by atoms with E-state index < -0.39 is 6.23 Å². The van der Waals surface area contributed by atoms with Gasteiger partial charge in [0.25, 0.3) is 0 Å². The van der Waals surface area contributed by atoms with Crippen LogP contribution in [0.2, 0.25) is 0 Å². The van der Waals surface area contributed by atoms with Gasteiger partial charge in [-0.25, -0.2) is 0 Å². The number of aliphatic imine (C=N–C) groups is 1. The smallest absolute Gasteiger partial charge is 0.225 e. The first-order valence-corrected chi connectivity index (χ1v) is 12.3. The number of piperidine rings is 1. The fourth-order valence-electron chi connectivity index (χ4n) is 5.35. The highest BCUT2D eigenvalue weighted by atomic mass is 16.3. The van der Waals surface area contributed by atoms with E-state index in [0.29, 0.717) is 17.7 Å². The van der Waals surface area contributed by atoms with E-state index in [0.717, 1.165) is 80.7 Å². The first kappa shape index (κ1) is 20.7. The second-order valence-electron chi connectivity index (χ2n) is 10.2. The second-order valence-corrected chi connectivity index (χ2v) is 10.2. The second kappa shape index (κ2) is 7.87. The van der Waals surface area contributed by atoms with E-state index in [-0.39, 0.29) is 11.3 Å². The van der Waals surface area contributed by atoms with E-state index >= 15 is 0 Å². The Kier molecular flexibility index (Phi) is 4.94. The SMILES string of the molecule is O=C(C1CC1)N1CCC(CN2C(c3ccc(-c4cccc(O)c4)cc3)=NC3(CC3)C2O)CC1. The Bertz CT molecular complexity index is 1080. The minimum absolute atomic E-state index is 0.256. The number of amides is 1. The molecule has 1 atom stereocenters. The zero-order valence-corrected chi connectivity index (χ0v) is 18.9. The number of aliphatic hydroxyl groups excluding tert-OH is 1. The highest BCUT2D eigenvalue weighted by Gasteiger charge is 2.57. The van der Waals surface area contributed by atoms with Crippen molar-refractivity contribution in [2.75, 3.05) is 19.6 Å². The number of phenolic OH excluding ortho intramolecular Hbond substituents is 1. The number of carbonyl (C=O) groups excluding carboxylic acids is 1. The Hall–Kier alpha value is -2.86. The van der Waals surface area contributed by atoms with Crippen LogP contribution in [0, 0.1) is 11.8 Å². The van der Waals surface area contributed by atoms with Crippen LogP contribution in [-0.2, 0) is 4.79 Å². The van der Waals surface area contributed by atoms with Crippen LogP contribution in [-0.4, -0.2) is 63.2 Å². The van der Waals surface area contributed by atoms with Crippen LogP contribution in [0.4, 0.5) is 0 Å². The molecule has 0 aromatic heterocycles. The number of aromatic hydroxyl groups is 1. The van der Waals surface area contributed by atoms with Crippen LogP contribution in [0.15, 0.2) is 53.5 Å². The van der Waals surface area contributed by atoms with Gasteiger partial charge in [0, 0.05) is 31.1 Å². The molecular weight excluding hydrogens is 414 g/mol. The summed E-state index contributed by atoms with van der Waals surface area (Å²) in [6.07, 6.45) is 5.39. The van der Waals surface area contributed by atoms with Gasteiger partial charge in [-0.1, -0.05) is 36.4 Å². The van der Waals surface area contributed by atoms with Gasteiger partial charge in [0.2, 0.25) is 5.91 Å². The molecular formula is C27H31N3O3. The maximum Gasteiger partial charge on any atom is 0.225 e. The van der Waals surface area contributed by atoms with Crippen molar-refractivity contribution in [2.45, 2.75) is 50.3 Å². The molecule has 3 fully saturated rings. The molecule has 0 bridgehead atoms. The Balaban J connectivity index is 1.17. The first-order chi connectivity index (χ1) is 16.0. The van der Waals surface area contributed by atoms with Crippen LogP contribution < -0.4 is 0 Å². The van der Waals surface area contributed by atoms with E-state index in [4.69, 9.17) is 4.99 Å². The molecule has 1 spiro atoms. The van der Waals surface area contributed by atoms with E-state index in [1.807, 2.05) is 17.0 Å². The summed E-state index contributed by atoms with van der Waals surface area (Å²) in [5.74, 6) is 2.23. The Labute approximate surface area is 194 Å². The molecule has 2 aliphatic heterocycles. The van der Waals surface area contributed by atoms with Crippen molar-refractivity contribution >= 4 is 11.7 Å². The van der Waals surface area contributed by atoms with Gasteiger partial charge in [-0.15, -0.1) is 0 Å². The predicted molar refractivity (Wildman–Crippen MR) is 127 cm³/mol. The normalized spacial score (nSPS) is 24.3. The number of likely N-dealkylation sites (tertiary alicyclic amines) is 1. The van der Waals surface area contributed by atoms with Crippen molar-refractivity contribution in [1.82, 2.24) is 9.80 Å². The molecule has 33 heavy (non-hydrogen) atoms. The average molecular weight is 446 g/mol. The number of benzene rings is 2. The van der Waals surface area contributed by atoms with Crippen molar-refractivity contribution in [3.05, 3.63) is 54.1 Å². The van der Waals surface area contributed by atoms with Gasteiger partial charge in [0.05, 0.1) is 0 Å². The van der Waals surface area contributed by atoms with Crippen LogP contribution >= 0.6 is 0 Å². The van der Waals surface area contributed by atoms with Gasteiger partial charge in [-0.05, 0) is 67.7 Å². The van der Waals surface area contributed by atoms with Gasteiger partial charge >= 0.3 is 0 Å². The highest BCUT2D eigenvalue weighted by Crippen LogP contribution is 2.49. The molecule has 0 radical (unpaired) electrons. The molecule has 2 N–H and O–H groups in total. The lowest BCUT2D eigenvalue weighted by atomic mass is 9.95. The van der Waals surface area contributed by atoms with Crippen LogP contribution in [0.25, 0.3) is 11.1 Å². The maximum absolute atomic E-state index is 12.4. The summed E-state index contributed by atoms with van der Waals surface area (Å²) >= 11 is 0. The molecule has 2 aromatic rings. The molecule has 1 amide bonds. The fourth-order valence-corrected chi connectivity index (χ4v) is 5.35. The third-order valence-electron chi connectivity index (χ3n) is 7.77. The molecule has 2 saturated carbocycles. The van der Waals surface area contributed by atoms with Gasteiger partial charge in [0.1, 0.15) is 17.1 Å². The topological polar surface area (TPSA) is 76.4 Å². The molecule has 2 heterocycles. The summed E-state index contributed by atoms with van der Waals surface area (Å²) in [5, 5.41) is 20.9. The van der Waals surface area contributed by atoms with Crippen molar-refractivity contribution in [3.8, 4) is 16.9 Å². The minimum atomic E-state index is -0.565. The minimum Gasteiger partial charge on any atom is -0.508 e. The lowest BCUT2D eigenvalue weighted by Gasteiger charge is -2.36. The molecule has 172 valence electrons. The van der Waals surface area contributed by atoms with E-state index in [9.17, 15) is 15.0 Å². The molecule has 6 heteroatoms. The number of amidine groups is 1. The van der Waals surface area contributed by atoms with Gasteiger partial charge < -0.3 is 20.0 Å². The van der Waals surface area contributed by atoms with Crippen LogP contribution in [0.3, 0.4) is 0 Å². The molecule has 2 aromatic carbocycles. The number of phenols is 1. The van der Waals surface area contributed by atoms with E-state index in [1.165, 1.54) is 0 Å². The quantitative estimate of drug-likeness (QED) is 0.737. The molecule has 2 aliphatic carbocycles. The van der Waals surface area contributed by atoms with Crippen molar-refractivity contribution < 1.29 is 15.0 Å². The Morgan fingerprint density at radius 2 is 1.67 bits per heavy atom. The first-order valence-electron chi connectivity index (χ1n) is 12.3. The summed E-state index contributed by atoms with van der Waals surface area (Å²) in [5.41, 5.74) is 2.69. The van der Waals surface area contributed by atoms with E-state index in [1.54, 1.807) is 12.1 Å². The lowest BCUT2D eigenvalue weighted by molar-refractivity contribution is -0.134.